The van der Waals surface area contributed by atoms with Crippen molar-refractivity contribution in [2.45, 2.75) is 53.6 Å². The lowest BCUT2D eigenvalue weighted by Gasteiger charge is -2.40. The van der Waals surface area contributed by atoms with Crippen LogP contribution < -0.4 is 9.64 Å². The Morgan fingerprint density at radius 3 is 2.54 bits per heavy atom. The summed E-state index contributed by atoms with van der Waals surface area (Å²) in [7, 11) is 1.58. The van der Waals surface area contributed by atoms with Crippen LogP contribution >= 0.6 is 27.7 Å². The van der Waals surface area contributed by atoms with Crippen LogP contribution in [0.25, 0.3) is 0 Å². The highest BCUT2D eigenvalue weighted by Crippen LogP contribution is 2.68. The molecule has 1 spiro atoms. The van der Waals surface area contributed by atoms with E-state index in [2.05, 4.69) is 29.1 Å². The van der Waals surface area contributed by atoms with Crippen molar-refractivity contribution in [1.82, 2.24) is 4.90 Å². The Labute approximate surface area is 242 Å². The first-order valence-electron chi connectivity index (χ1n) is 13.2. The highest BCUT2D eigenvalue weighted by Gasteiger charge is 2.76. The van der Waals surface area contributed by atoms with Gasteiger partial charge in [0, 0.05) is 22.3 Å². The first kappa shape index (κ1) is 29.7. The number of fused-ring (bicyclic) bond motifs is 1. The SMILES string of the molecule is C=CCOC(=O)[C@H]1[C@@H]2SC3(CC2Br)C(C(=O)N(CC=C)c2ccc(OC)cc2)N([C@@H](CO)CC(C)C)C(=O)[C@H]13. The van der Waals surface area contributed by atoms with Gasteiger partial charge in [0.05, 0.1) is 36.3 Å². The fraction of sp³-hybridized carbons (Fsp3) is 0.552. The second kappa shape index (κ2) is 12.1. The van der Waals surface area contributed by atoms with E-state index < -0.39 is 34.6 Å². The number of thioether (sulfide) groups is 1. The number of hydrogen-bond donors (Lipinski definition) is 1. The molecular weight excluding hydrogens is 584 g/mol. The van der Waals surface area contributed by atoms with Crippen LogP contribution in [0.3, 0.4) is 0 Å². The average Bonchev–Trinajstić information content (AvgIpc) is 3.52. The molecule has 212 valence electrons. The molecule has 2 bridgehead atoms. The second-order valence-corrected chi connectivity index (χ2v) is 13.4. The minimum atomic E-state index is -0.875. The summed E-state index contributed by atoms with van der Waals surface area (Å²) in [5.74, 6) is -1.57. The van der Waals surface area contributed by atoms with Gasteiger partial charge in [0.2, 0.25) is 5.91 Å². The third-order valence-corrected chi connectivity index (χ3v) is 11.1. The fourth-order valence-electron chi connectivity index (χ4n) is 6.43. The van der Waals surface area contributed by atoms with Gasteiger partial charge in [0.1, 0.15) is 18.4 Å². The number of benzene rings is 1. The number of alkyl halides is 1. The third-order valence-electron chi connectivity index (χ3n) is 7.89. The van der Waals surface area contributed by atoms with E-state index >= 15 is 0 Å². The monoisotopic (exact) mass is 620 g/mol. The molecule has 3 fully saturated rings. The van der Waals surface area contributed by atoms with E-state index in [1.54, 1.807) is 59.0 Å². The summed E-state index contributed by atoms with van der Waals surface area (Å²) in [6, 6.07) is 5.73. The number of carbonyl (C=O) groups excluding carboxylic acids is 3. The summed E-state index contributed by atoms with van der Waals surface area (Å²) in [5.41, 5.74) is 0.646. The molecule has 0 radical (unpaired) electrons. The van der Waals surface area contributed by atoms with Gasteiger partial charge in [0.15, 0.2) is 0 Å². The Morgan fingerprint density at radius 2 is 1.97 bits per heavy atom. The molecule has 3 heterocycles. The van der Waals surface area contributed by atoms with Crippen LogP contribution in [0.15, 0.2) is 49.6 Å². The predicted octanol–water partition coefficient (Wildman–Crippen LogP) is 3.82. The minimum absolute atomic E-state index is 0.0524. The molecule has 10 heteroatoms. The van der Waals surface area contributed by atoms with E-state index in [4.69, 9.17) is 9.47 Å². The summed E-state index contributed by atoms with van der Waals surface area (Å²) in [6.45, 7) is 11.5. The number of nitrogens with zero attached hydrogens (tertiary/aromatic N) is 2. The molecule has 1 aromatic carbocycles. The number of carbonyl (C=O) groups is 3. The number of amides is 2. The molecule has 3 saturated heterocycles. The van der Waals surface area contributed by atoms with Gasteiger partial charge in [-0.3, -0.25) is 14.4 Å². The lowest BCUT2D eigenvalue weighted by Crippen LogP contribution is -2.58. The topological polar surface area (TPSA) is 96.4 Å². The van der Waals surface area contributed by atoms with Crippen LogP contribution in [0.2, 0.25) is 0 Å². The number of likely N-dealkylation sites (tertiary alicyclic amines) is 1. The molecule has 39 heavy (non-hydrogen) atoms. The second-order valence-electron chi connectivity index (χ2n) is 10.7. The van der Waals surface area contributed by atoms with E-state index in [-0.39, 0.29) is 47.6 Å². The summed E-state index contributed by atoms with van der Waals surface area (Å²) < 4.78 is 9.90. The predicted molar refractivity (Wildman–Crippen MR) is 156 cm³/mol. The maximum absolute atomic E-state index is 14.6. The molecule has 1 aromatic rings. The van der Waals surface area contributed by atoms with Crippen molar-refractivity contribution >= 4 is 51.2 Å². The number of aliphatic hydroxyl groups is 1. The Bertz CT molecular complexity index is 1110. The van der Waals surface area contributed by atoms with Crippen LogP contribution in [0, 0.1) is 17.8 Å². The largest absolute Gasteiger partial charge is 0.497 e. The number of halogens is 1. The average molecular weight is 622 g/mol. The molecule has 4 rings (SSSR count). The van der Waals surface area contributed by atoms with Crippen molar-refractivity contribution < 1.29 is 29.0 Å². The van der Waals surface area contributed by atoms with E-state index in [1.165, 1.54) is 6.08 Å². The van der Waals surface area contributed by atoms with Gasteiger partial charge in [0.25, 0.3) is 5.91 Å². The molecule has 3 aliphatic rings. The van der Waals surface area contributed by atoms with E-state index in [0.717, 1.165) is 0 Å². The fourth-order valence-corrected chi connectivity index (χ4v) is 10.0. The zero-order valence-corrected chi connectivity index (χ0v) is 25.0. The van der Waals surface area contributed by atoms with Crippen molar-refractivity contribution in [2.75, 3.05) is 31.8 Å². The molecule has 3 unspecified atom stereocenters. The summed E-state index contributed by atoms with van der Waals surface area (Å²) in [5, 5.41) is 10.3. The van der Waals surface area contributed by atoms with Crippen LogP contribution in [-0.4, -0.2) is 81.6 Å². The normalized spacial score (nSPS) is 29.7. The number of hydrogen-bond acceptors (Lipinski definition) is 7. The first-order valence-corrected chi connectivity index (χ1v) is 15.0. The van der Waals surface area contributed by atoms with Gasteiger partial charge in [-0.05, 0) is 43.0 Å². The van der Waals surface area contributed by atoms with Crippen LogP contribution in [0.4, 0.5) is 5.69 Å². The molecule has 0 aromatic heterocycles. The van der Waals surface area contributed by atoms with Crippen molar-refractivity contribution in [3.8, 4) is 5.75 Å². The highest BCUT2D eigenvalue weighted by molar-refractivity contribution is 9.09. The number of esters is 1. The van der Waals surface area contributed by atoms with Gasteiger partial charge in [-0.2, -0.15) is 0 Å². The van der Waals surface area contributed by atoms with E-state index in [0.29, 0.717) is 24.3 Å². The Hall–Kier alpha value is -2.30. The maximum atomic E-state index is 14.6. The summed E-state index contributed by atoms with van der Waals surface area (Å²) >= 11 is 5.30. The zero-order valence-electron chi connectivity index (χ0n) is 22.6. The summed E-state index contributed by atoms with van der Waals surface area (Å²) in [4.78, 5) is 45.4. The standard InChI is InChI=1S/C29H37BrN2O6S/c1-6-12-31(18-8-10-20(37-5)11-9-18)27(35)25-29-15-21(30)24(39-29)22(28(36)38-13-7-2)23(29)26(34)32(25)19(16-33)14-17(3)4/h6-11,17,19,21-25,33H,1-2,12-16H2,3-5H3/t19-,21?,22-,23+,24-,25?,29?/m1/s1. The number of rotatable bonds is 12. The highest BCUT2D eigenvalue weighted by atomic mass is 79.9. The Morgan fingerprint density at radius 1 is 1.28 bits per heavy atom. The van der Waals surface area contributed by atoms with Gasteiger partial charge < -0.3 is 24.4 Å². The molecular formula is C29H37BrN2O6S. The van der Waals surface area contributed by atoms with Gasteiger partial charge in [-0.1, -0.05) is 48.5 Å². The van der Waals surface area contributed by atoms with Crippen molar-refractivity contribution in [3.63, 3.8) is 0 Å². The lowest BCUT2D eigenvalue weighted by atomic mass is 9.71. The van der Waals surface area contributed by atoms with Crippen molar-refractivity contribution in [1.29, 1.82) is 0 Å². The number of ether oxygens (including phenoxy) is 2. The molecule has 1 N–H and O–H groups in total. The van der Waals surface area contributed by atoms with Gasteiger partial charge in [-0.15, -0.1) is 18.3 Å². The number of methoxy groups -OCH3 is 1. The molecule has 7 atom stereocenters. The van der Waals surface area contributed by atoms with Gasteiger partial charge >= 0.3 is 5.97 Å². The van der Waals surface area contributed by atoms with Crippen LogP contribution in [-0.2, 0) is 19.1 Å². The van der Waals surface area contributed by atoms with Crippen LogP contribution in [0.1, 0.15) is 26.7 Å². The molecule has 3 aliphatic heterocycles. The first-order chi connectivity index (χ1) is 18.6. The Kier molecular flexibility index (Phi) is 9.18. The van der Waals surface area contributed by atoms with E-state index in [9.17, 15) is 19.5 Å². The molecule has 8 nitrogen and oxygen atoms in total. The smallest absolute Gasteiger partial charge is 0.311 e. The molecule has 0 saturated carbocycles. The quantitative estimate of drug-likeness (QED) is 0.216. The third kappa shape index (κ3) is 5.15. The summed E-state index contributed by atoms with van der Waals surface area (Å²) in [6.07, 6.45) is 4.22. The maximum Gasteiger partial charge on any atom is 0.311 e. The van der Waals surface area contributed by atoms with Crippen molar-refractivity contribution in [3.05, 3.63) is 49.6 Å². The van der Waals surface area contributed by atoms with E-state index in [1.807, 2.05) is 13.8 Å². The zero-order chi connectivity index (χ0) is 28.5. The van der Waals surface area contributed by atoms with Gasteiger partial charge in [-0.25, -0.2) is 0 Å². The van der Waals surface area contributed by atoms with Crippen LogP contribution in [0.5, 0.6) is 5.75 Å². The number of anilines is 1. The minimum Gasteiger partial charge on any atom is -0.497 e. The van der Waals surface area contributed by atoms with Crippen molar-refractivity contribution in [2.24, 2.45) is 17.8 Å². The molecule has 2 amide bonds. The number of aliphatic hydroxyl groups excluding tert-OH is 1. The lowest BCUT2D eigenvalue weighted by molar-refractivity contribution is -0.153. The Balaban J connectivity index is 1.82. The molecule has 0 aliphatic carbocycles.